The van der Waals surface area contributed by atoms with Gasteiger partial charge in [0.15, 0.2) is 0 Å². The lowest BCUT2D eigenvalue weighted by molar-refractivity contribution is -0.155. The number of esters is 1. The summed E-state index contributed by atoms with van der Waals surface area (Å²) in [5.74, 6) is 0.110. The van der Waals surface area contributed by atoms with Crippen LogP contribution in [-0.2, 0) is 9.47 Å². The molecule has 3 heteroatoms. The minimum Gasteiger partial charge on any atom is -0.458 e. The molecule has 1 aromatic carbocycles. The van der Waals surface area contributed by atoms with Crippen LogP contribution in [0.15, 0.2) is 54.6 Å². The summed E-state index contributed by atoms with van der Waals surface area (Å²) in [7, 11) is 0. The van der Waals surface area contributed by atoms with Crippen LogP contribution in [0.5, 0.6) is 0 Å². The van der Waals surface area contributed by atoms with Crippen molar-refractivity contribution in [1.82, 2.24) is 0 Å². The third kappa shape index (κ3) is 2.25. The van der Waals surface area contributed by atoms with Gasteiger partial charge in [-0.1, -0.05) is 43.9 Å². The molecule has 3 aliphatic rings. The molecule has 25 heavy (non-hydrogen) atoms. The molecule has 0 amide bonds. The first kappa shape index (κ1) is 16.6. The van der Waals surface area contributed by atoms with Crippen LogP contribution in [0.1, 0.15) is 50.4 Å². The first-order valence-electron chi connectivity index (χ1n) is 9.11. The highest BCUT2D eigenvalue weighted by atomic mass is 16.6. The number of fused-ring (bicyclic) bond motifs is 1. The lowest BCUT2D eigenvalue weighted by Crippen LogP contribution is -2.58. The zero-order valence-corrected chi connectivity index (χ0v) is 15.2. The quantitative estimate of drug-likeness (QED) is 0.734. The van der Waals surface area contributed by atoms with Crippen LogP contribution in [0.4, 0.5) is 0 Å². The Labute approximate surface area is 149 Å². The number of allylic oxidation sites excluding steroid dienone is 1. The van der Waals surface area contributed by atoms with Crippen LogP contribution in [-0.4, -0.2) is 23.3 Å². The van der Waals surface area contributed by atoms with Gasteiger partial charge in [-0.2, -0.15) is 0 Å². The van der Waals surface area contributed by atoms with E-state index in [2.05, 4.69) is 39.5 Å². The highest BCUT2D eigenvalue weighted by molar-refractivity contribution is 5.89. The fraction of sp³-hybridized carbons (Fsp3) is 0.500. The van der Waals surface area contributed by atoms with Crippen LogP contribution >= 0.6 is 0 Å². The van der Waals surface area contributed by atoms with Gasteiger partial charge in [-0.3, -0.25) is 0 Å². The largest absolute Gasteiger partial charge is 0.458 e. The van der Waals surface area contributed by atoms with Crippen molar-refractivity contribution in [3.8, 4) is 0 Å². The summed E-state index contributed by atoms with van der Waals surface area (Å²) in [4.78, 5) is 12.7. The molecular formula is C22H26O3. The molecule has 1 aromatic rings. The van der Waals surface area contributed by atoms with Gasteiger partial charge in [0.25, 0.3) is 0 Å². The normalized spacial score (nSPS) is 38.3. The zero-order chi connectivity index (χ0) is 17.9. The lowest BCUT2D eigenvalue weighted by atomic mass is 9.55. The fourth-order valence-electron chi connectivity index (χ4n) is 5.05. The third-order valence-electron chi connectivity index (χ3n) is 6.72. The van der Waals surface area contributed by atoms with Gasteiger partial charge < -0.3 is 9.47 Å². The molecular weight excluding hydrogens is 312 g/mol. The molecule has 1 heterocycles. The van der Waals surface area contributed by atoms with Gasteiger partial charge in [0.2, 0.25) is 0 Å². The maximum absolute atomic E-state index is 12.7. The van der Waals surface area contributed by atoms with Gasteiger partial charge in [0.05, 0.1) is 11.2 Å². The molecule has 132 valence electrons. The highest BCUT2D eigenvalue weighted by Crippen LogP contribution is 2.64. The Morgan fingerprint density at radius 2 is 1.96 bits per heavy atom. The predicted molar refractivity (Wildman–Crippen MR) is 97.3 cm³/mol. The summed E-state index contributed by atoms with van der Waals surface area (Å²) >= 11 is 0. The second kappa shape index (κ2) is 5.31. The van der Waals surface area contributed by atoms with E-state index in [1.807, 2.05) is 18.2 Å². The van der Waals surface area contributed by atoms with E-state index >= 15 is 0 Å². The van der Waals surface area contributed by atoms with Crippen molar-refractivity contribution >= 4 is 5.97 Å². The predicted octanol–water partition coefficient (Wildman–Crippen LogP) is 4.69. The number of hydrogen-bond acceptors (Lipinski definition) is 3. The zero-order valence-electron chi connectivity index (χ0n) is 15.2. The first-order chi connectivity index (χ1) is 11.8. The molecule has 3 nitrogen and oxygen atoms in total. The summed E-state index contributed by atoms with van der Waals surface area (Å²) in [6.45, 7) is 10.8. The molecule has 0 aromatic heterocycles. The van der Waals surface area contributed by atoms with Crippen molar-refractivity contribution in [3.63, 3.8) is 0 Å². The Balaban J connectivity index is 1.71. The second-order valence-corrected chi connectivity index (χ2v) is 8.48. The van der Waals surface area contributed by atoms with E-state index in [0.717, 1.165) is 24.8 Å². The van der Waals surface area contributed by atoms with E-state index in [0.29, 0.717) is 11.5 Å². The molecule has 1 aliphatic heterocycles. The number of ether oxygens (including phenoxy) is 2. The number of carbonyl (C=O) groups excluding carboxylic acids is 1. The standard InChI is InChI=1S/C22H26O3/c1-15-9-8-12-21(4)18(24-19(23)16-10-6-5-7-11-16)13-17-14-22(15,21)25-20(17,2)3/h5-11,17-18H,1,12-14H2,2-4H3/t17-,18+,21+,22+/m1/s1. The topological polar surface area (TPSA) is 35.5 Å². The minimum atomic E-state index is -0.435. The molecule has 0 N–H and O–H groups in total. The van der Waals surface area contributed by atoms with Gasteiger partial charge in [0, 0.05) is 5.41 Å². The Hall–Kier alpha value is -1.87. The maximum Gasteiger partial charge on any atom is 0.338 e. The number of hydrogen-bond donors (Lipinski definition) is 0. The van der Waals surface area contributed by atoms with Crippen molar-refractivity contribution in [2.45, 2.75) is 57.3 Å². The van der Waals surface area contributed by atoms with Crippen LogP contribution < -0.4 is 0 Å². The summed E-state index contributed by atoms with van der Waals surface area (Å²) in [6, 6.07) is 9.24. The van der Waals surface area contributed by atoms with E-state index in [1.165, 1.54) is 0 Å². The van der Waals surface area contributed by atoms with Crippen molar-refractivity contribution in [2.75, 3.05) is 0 Å². The summed E-state index contributed by atoms with van der Waals surface area (Å²) < 4.78 is 12.7. The summed E-state index contributed by atoms with van der Waals surface area (Å²) in [5, 5.41) is 0. The second-order valence-electron chi connectivity index (χ2n) is 8.48. The van der Waals surface area contributed by atoms with Crippen molar-refractivity contribution in [1.29, 1.82) is 0 Å². The molecule has 0 unspecified atom stereocenters. The van der Waals surface area contributed by atoms with Crippen molar-refractivity contribution in [2.24, 2.45) is 11.3 Å². The van der Waals surface area contributed by atoms with E-state index < -0.39 is 5.60 Å². The average Bonchev–Trinajstić information content (AvgIpc) is 2.82. The minimum absolute atomic E-state index is 0.178. The van der Waals surface area contributed by atoms with Gasteiger partial charge >= 0.3 is 5.97 Å². The smallest absolute Gasteiger partial charge is 0.338 e. The highest BCUT2D eigenvalue weighted by Gasteiger charge is 2.68. The molecule has 4 rings (SSSR count). The molecule has 0 radical (unpaired) electrons. The molecule has 2 bridgehead atoms. The summed E-state index contributed by atoms with van der Waals surface area (Å²) in [5.41, 5.74) is 0.660. The van der Waals surface area contributed by atoms with E-state index in [9.17, 15) is 4.79 Å². The molecule has 1 saturated heterocycles. The number of rotatable bonds is 2. The van der Waals surface area contributed by atoms with Crippen LogP contribution in [0, 0.1) is 11.3 Å². The first-order valence-corrected chi connectivity index (χ1v) is 9.11. The van der Waals surface area contributed by atoms with Gasteiger partial charge in [0.1, 0.15) is 11.7 Å². The van der Waals surface area contributed by atoms with Gasteiger partial charge in [-0.15, -0.1) is 0 Å². The number of carbonyl (C=O) groups is 1. The number of benzene rings is 1. The van der Waals surface area contributed by atoms with Crippen molar-refractivity contribution in [3.05, 3.63) is 60.2 Å². The van der Waals surface area contributed by atoms with Crippen LogP contribution in [0.3, 0.4) is 0 Å². The van der Waals surface area contributed by atoms with Crippen LogP contribution in [0.25, 0.3) is 0 Å². The average molecular weight is 338 g/mol. The van der Waals surface area contributed by atoms with Gasteiger partial charge in [-0.25, -0.2) is 4.79 Å². The Kier molecular flexibility index (Phi) is 3.52. The van der Waals surface area contributed by atoms with E-state index in [4.69, 9.17) is 9.47 Å². The lowest BCUT2D eigenvalue weighted by Gasteiger charge is -2.53. The summed E-state index contributed by atoms with van der Waals surface area (Å²) in [6.07, 6.45) is 6.68. The molecule has 1 spiro atoms. The fourth-order valence-corrected chi connectivity index (χ4v) is 5.05. The Bertz CT molecular complexity index is 748. The molecule has 1 saturated carbocycles. The van der Waals surface area contributed by atoms with Crippen molar-refractivity contribution < 1.29 is 14.3 Å². The third-order valence-corrected chi connectivity index (χ3v) is 6.72. The molecule has 4 atom stereocenters. The van der Waals surface area contributed by atoms with Crippen LogP contribution in [0.2, 0.25) is 0 Å². The SMILES string of the molecule is C=C1C=CC[C@@]2(C)[C@@H](OC(=O)c3ccccc3)C[C@@H]3C[C@]12OC3(C)C. The molecule has 2 fully saturated rings. The maximum atomic E-state index is 12.7. The Morgan fingerprint density at radius 1 is 1.24 bits per heavy atom. The van der Waals surface area contributed by atoms with Gasteiger partial charge in [-0.05, 0) is 56.7 Å². The monoisotopic (exact) mass is 338 g/mol. The molecule has 2 aliphatic carbocycles. The van der Waals surface area contributed by atoms with E-state index in [1.54, 1.807) is 12.1 Å². The van der Waals surface area contributed by atoms with E-state index in [-0.39, 0.29) is 23.1 Å². The Morgan fingerprint density at radius 3 is 2.68 bits per heavy atom.